The van der Waals surface area contributed by atoms with Crippen molar-refractivity contribution in [3.05, 3.63) is 48.0 Å². The molecule has 1 atom stereocenters. The van der Waals surface area contributed by atoms with E-state index in [0.29, 0.717) is 0 Å². The Bertz CT molecular complexity index is 260. The molecule has 0 fully saturated rings. The Labute approximate surface area is 73.4 Å². The van der Waals surface area contributed by atoms with Gasteiger partial charge in [-0.15, -0.1) is 0 Å². The van der Waals surface area contributed by atoms with E-state index in [4.69, 9.17) is 0 Å². The lowest BCUT2D eigenvalue weighted by Gasteiger charge is -2.18. The van der Waals surface area contributed by atoms with Gasteiger partial charge in [-0.1, -0.05) is 42.5 Å². The first kappa shape index (κ1) is 9.01. The maximum absolute atomic E-state index is 9.90. The molecule has 0 amide bonds. The molecule has 64 valence electrons. The van der Waals surface area contributed by atoms with Crippen molar-refractivity contribution in [2.75, 3.05) is 0 Å². The van der Waals surface area contributed by atoms with Crippen molar-refractivity contribution in [3.63, 3.8) is 0 Å². The molecule has 0 aliphatic rings. The molecule has 0 saturated carbocycles. The van der Waals surface area contributed by atoms with Crippen LogP contribution in [0.2, 0.25) is 0 Å². The van der Waals surface area contributed by atoms with Crippen LogP contribution >= 0.6 is 0 Å². The molecule has 0 heterocycles. The summed E-state index contributed by atoms with van der Waals surface area (Å²) in [5.74, 6) is 0. The van der Waals surface area contributed by atoms with Gasteiger partial charge in [-0.05, 0) is 19.4 Å². The second kappa shape index (κ2) is 3.55. The molecule has 0 radical (unpaired) electrons. The van der Waals surface area contributed by atoms with Crippen LogP contribution < -0.4 is 0 Å². The van der Waals surface area contributed by atoms with Gasteiger partial charge in [0.25, 0.3) is 0 Å². The van der Waals surface area contributed by atoms with Gasteiger partial charge in [-0.2, -0.15) is 0 Å². The Hall–Kier alpha value is -1.08. The predicted molar refractivity (Wildman–Crippen MR) is 50.8 cm³/mol. The predicted octanol–water partition coefficient (Wildman–Crippen LogP) is 2.47. The second-order valence-corrected chi connectivity index (χ2v) is 3.01. The van der Waals surface area contributed by atoms with Crippen LogP contribution in [0.3, 0.4) is 0 Å². The first-order chi connectivity index (χ1) is 5.67. The normalized spacial score (nSPS) is 16.2. The van der Waals surface area contributed by atoms with E-state index in [1.807, 2.05) is 43.3 Å². The van der Waals surface area contributed by atoms with Gasteiger partial charge in [0.15, 0.2) is 0 Å². The van der Waals surface area contributed by atoms with Gasteiger partial charge in [0.05, 0.1) is 0 Å². The van der Waals surface area contributed by atoms with Gasteiger partial charge in [-0.3, -0.25) is 0 Å². The monoisotopic (exact) mass is 162 g/mol. The highest BCUT2D eigenvalue weighted by Crippen LogP contribution is 2.21. The van der Waals surface area contributed by atoms with E-state index in [2.05, 4.69) is 0 Å². The van der Waals surface area contributed by atoms with Gasteiger partial charge >= 0.3 is 0 Å². The summed E-state index contributed by atoms with van der Waals surface area (Å²) in [6.45, 7) is 3.68. The molecule has 0 saturated heterocycles. The molecule has 0 aromatic heterocycles. The molecule has 0 unspecified atom stereocenters. The minimum Gasteiger partial charge on any atom is -0.381 e. The summed E-state index contributed by atoms with van der Waals surface area (Å²) in [6.07, 6.45) is 3.63. The Morgan fingerprint density at radius 3 is 2.33 bits per heavy atom. The van der Waals surface area contributed by atoms with E-state index in [0.717, 1.165) is 5.56 Å². The summed E-state index contributed by atoms with van der Waals surface area (Å²) in [7, 11) is 0. The minimum absolute atomic E-state index is 0.837. The average Bonchev–Trinajstić information content (AvgIpc) is 2.06. The molecule has 1 rings (SSSR count). The van der Waals surface area contributed by atoms with Crippen LogP contribution in [0, 0.1) is 0 Å². The number of allylic oxidation sites excluding steroid dienone is 1. The molecule has 0 bridgehead atoms. The lowest BCUT2D eigenvalue weighted by atomic mass is 9.96. The fourth-order valence-electron chi connectivity index (χ4n) is 1.20. The molecular formula is C11H14O. The van der Waals surface area contributed by atoms with Crippen molar-refractivity contribution in [1.29, 1.82) is 0 Å². The zero-order valence-corrected chi connectivity index (χ0v) is 7.49. The number of benzene rings is 1. The van der Waals surface area contributed by atoms with Crippen LogP contribution in [0.25, 0.3) is 0 Å². The van der Waals surface area contributed by atoms with Gasteiger partial charge in [-0.25, -0.2) is 0 Å². The fourth-order valence-corrected chi connectivity index (χ4v) is 1.20. The van der Waals surface area contributed by atoms with E-state index < -0.39 is 5.60 Å². The summed E-state index contributed by atoms with van der Waals surface area (Å²) >= 11 is 0. The average molecular weight is 162 g/mol. The fraction of sp³-hybridized carbons (Fsp3) is 0.273. The van der Waals surface area contributed by atoms with Crippen LogP contribution in [0.5, 0.6) is 0 Å². The van der Waals surface area contributed by atoms with E-state index in [9.17, 15) is 5.11 Å². The van der Waals surface area contributed by atoms with Crippen LogP contribution in [-0.4, -0.2) is 5.11 Å². The molecule has 0 aliphatic heterocycles. The van der Waals surface area contributed by atoms with Gasteiger partial charge < -0.3 is 5.11 Å². The van der Waals surface area contributed by atoms with Crippen molar-refractivity contribution in [1.82, 2.24) is 0 Å². The molecule has 12 heavy (non-hydrogen) atoms. The largest absolute Gasteiger partial charge is 0.381 e. The molecule has 1 N–H and O–H groups in total. The van der Waals surface area contributed by atoms with Crippen LogP contribution in [0.15, 0.2) is 42.5 Å². The van der Waals surface area contributed by atoms with Crippen molar-refractivity contribution < 1.29 is 5.11 Å². The second-order valence-electron chi connectivity index (χ2n) is 3.01. The highest BCUT2D eigenvalue weighted by Gasteiger charge is 2.17. The maximum Gasteiger partial charge on any atom is 0.105 e. The van der Waals surface area contributed by atoms with E-state index in [1.54, 1.807) is 13.0 Å². The van der Waals surface area contributed by atoms with Gasteiger partial charge in [0.2, 0.25) is 0 Å². The first-order valence-electron chi connectivity index (χ1n) is 4.08. The van der Waals surface area contributed by atoms with Crippen LogP contribution in [0.4, 0.5) is 0 Å². The Balaban J connectivity index is 2.97. The Kier molecular flexibility index (Phi) is 2.66. The standard InChI is InChI=1S/C11H14O/c1-3-9-11(2,12)10-7-5-4-6-8-10/h3-9,12H,1-2H3/b9-3+/t11-/m0/s1. The van der Waals surface area contributed by atoms with Crippen LogP contribution in [-0.2, 0) is 5.60 Å². The molecule has 0 spiro atoms. The van der Waals surface area contributed by atoms with Crippen molar-refractivity contribution in [3.8, 4) is 0 Å². The van der Waals surface area contributed by atoms with E-state index in [-0.39, 0.29) is 0 Å². The van der Waals surface area contributed by atoms with Crippen LogP contribution in [0.1, 0.15) is 19.4 Å². The molecule has 1 aromatic carbocycles. The van der Waals surface area contributed by atoms with E-state index in [1.165, 1.54) is 0 Å². The first-order valence-corrected chi connectivity index (χ1v) is 4.08. The number of hydrogen-bond acceptors (Lipinski definition) is 1. The minimum atomic E-state index is -0.837. The molecule has 1 heteroatoms. The summed E-state index contributed by atoms with van der Waals surface area (Å²) in [6, 6.07) is 9.62. The smallest absolute Gasteiger partial charge is 0.105 e. The molecule has 1 nitrogen and oxygen atoms in total. The molecular weight excluding hydrogens is 148 g/mol. The molecule has 1 aromatic rings. The molecule has 0 aliphatic carbocycles. The van der Waals surface area contributed by atoms with Gasteiger partial charge in [0.1, 0.15) is 5.60 Å². The third-order valence-electron chi connectivity index (χ3n) is 1.85. The van der Waals surface area contributed by atoms with Crippen molar-refractivity contribution in [2.45, 2.75) is 19.4 Å². The van der Waals surface area contributed by atoms with Gasteiger partial charge in [0, 0.05) is 0 Å². The highest BCUT2D eigenvalue weighted by molar-refractivity contribution is 5.25. The van der Waals surface area contributed by atoms with Crippen molar-refractivity contribution in [2.24, 2.45) is 0 Å². The lowest BCUT2D eigenvalue weighted by molar-refractivity contribution is 0.111. The van der Waals surface area contributed by atoms with Crippen molar-refractivity contribution >= 4 is 0 Å². The summed E-state index contributed by atoms with van der Waals surface area (Å²) in [5, 5.41) is 9.90. The third-order valence-corrected chi connectivity index (χ3v) is 1.85. The Morgan fingerprint density at radius 2 is 1.83 bits per heavy atom. The third kappa shape index (κ3) is 1.95. The maximum atomic E-state index is 9.90. The quantitative estimate of drug-likeness (QED) is 0.662. The Morgan fingerprint density at radius 1 is 1.25 bits per heavy atom. The SMILES string of the molecule is C/C=C/[C@](C)(O)c1ccccc1. The zero-order chi connectivity index (χ0) is 9.03. The van der Waals surface area contributed by atoms with E-state index >= 15 is 0 Å². The number of hydrogen-bond donors (Lipinski definition) is 1. The lowest BCUT2D eigenvalue weighted by Crippen LogP contribution is -2.17. The zero-order valence-electron chi connectivity index (χ0n) is 7.49. The number of rotatable bonds is 2. The summed E-state index contributed by atoms with van der Waals surface area (Å²) in [4.78, 5) is 0. The highest BCUT2D eigenvalue weighted by atomic mass is 16.3. The summed E-state index contributed by atoms with van der Waals surface area (Å²) < 4.78 is 0. The topological polar surface area (TPSA) is 20.2 Å². The number of aliphatic hydroxyl groups is 1. The summed E-state index contributed by atoms with van der Waals surface area (Å²) in [5.41, 5.74) is 0.0822.